The van der Waals surface area contributed by atoms with Crippen LogP contribution in [0.5, 0.6) is 5.75 Å². The third-order valence-corrected chi connectivity index (χ3v) is 8.61. The quantitative estimate of drug-likeness (QED) is 0.208. The number of aliphatic imine (C=N–C) groups is 1. The predicted molar refractivity (Wildman–Crippen MR) is 172 cm³/mol. The Morgan fingerprint density at radius 3 is 2.47 bits per heavy atom. The summed E-state index contributed by atoms with van der Waals surface area (Å²) in [7, 11) is 1.88. The number of thioether (sulfide) groups is 1. The third-order valence-electron chi connectivity index (χ3n) is 7.56. The number of amidine groups is 1. The van der Waals surface area contributed by atoms with Gasteiger partial charge in [0.25, 0.3) is 0 Å². The van der Waals surface area contributed by atoms with Crippen LogP contribution in [0.1, 0.15) is 48.8 Å². The maximum atomic E-state index is 12.2. The number of alkyl halides is 3. The molecule has 2 atom stereocenters. The fraction of sp³-hybridized carbons (Fsp3) is 0.333. The lowest BCUT2D eigenvalue weighted by Gasteiger charge is -2.23. The van der Waals surface area contributed by atoms with E-state index in [1.165, 1.54) is 52.1 Å². The van der Waals surface area contributed by atoms with Gasteiger partial charge >= 0.3 is 6.36 Å². The molecule has 1 saturated carbocycles. The van der Waals surface area contributed by atoms with Crippen molar-refractivity contribution in [2.45, 2.75) is 51.4 Å². The molecular weight excluding hydrogens is 601 g/mol. The van der Waals surface area contributed by atoms with E-state index in [0.29, 0.717) is 23.3 Å². The van der Waals surface area contributed by atoms with Gasteiger partial charge in [-0.25, -0.2) is 9.67 Å². The van der Waals surface area contributed by atoms with Gasteiger partial charge in [-0.3, -0.25) is 9.79 Å². The predicted octanol–water partition coefficient (Wildman–Crippen LogP) is 7.09. The van der Waals surface area contributed by atoms with Gasteiger partial charge in [0.05, 0.1) is 5.69 Å². The van der Waals surface area contributed by atoms with Gasteiger partial charge in [0.1, 0.15) is 12.1 Å². The normalized spacial score (nSPS) is 18.5. The molecule has 0 radical (unpaired) electrons. The van der Waals surface area contributed by atoms with Crippen LogP contribution < -0.4 is 15.0 Å². The Hall–Kier alpha value is -4.32. The summed E-state index contributed by atoms with van der Waals surface area (Å²) in [5.74, 6) is 2.23. The van der Waals surface area contributed by atoms with Crippen LogP contribution in [0.15, 0.2) is 78.0 Å². The highest BCUT2D eigenvalue weighted by atomic mass is 32.2. The van der Waals surface area contributed by atoms with E-state index in [9.17, 15) is 18.0 Å². The maximum Gasteiger partial charge on any atom is 0.573 e. The average molecular weight is 637 g/mol. The number of carbonyl (C=O) groups excluding carboxylic acids is 1. The molecule has 2 unspecified atom stereocenters. The van der Waals surface area contributed by atoms with Gasteiger partial charge in [0.15, 0.2) is 11.0 Å². The third kappa shape index (κ3) is 8.05. The molecule has 1 aromatic heterocycles. The van der Waals surface area contributed by atoms with Crippen LogP contribution in [0.4, 0.5) is 18.9 Å². The monoisotopic (exact) mass is 636 g/mol. The van der Waals surface area contributed by atoms with E-state index in [4.69, 9.17) is 0 Å². The first kappa shape index (κ1) is 32.1. The molecular formula is C33H35F3N6O2S. The van der Waals surface area contributed by atoms with Crippen molar-refractivity contribution in [3.8, 4) is 22.8 Å². The van der Waals surface area contributed by atoms with Crippen molar-refractivity contribution in [2.24, 2.45) is 4.99 Å². The van der Waals surface area contributed by atoms with Crippen molar-refractivity contribution in [3.63, 3.8) is 0 Å². The molecule has 1 aliphatic carbocycles. The summed E-state index contributed by atoms with van der Waals surface area (Å²) < 4.78 is 42.0. The molecule has 4 aromatic rings. The van der Waals surface area contributed by atoms with Crippen molar-refractivity contribution < 1.29 is 22.7 Å². The lowest BCUT2D eigenvalue weighted by Crippen LogP contribution is -2.25. The smallest absolute Gasteiger partial charge is 0.406 e. The SMILES string of the molecule is CN=C1SCCN1c1cc(C)ccc1C(C)C.O=CNC1CC1c1ccc(-c2ncn(-c3ccc(OC(F)(F)F)cc3)n2)cc1. The van der Waals surface area contributed by atoms with Gasteiger partial charge in [-0.2, -0.15) is 0 Å². The lowest BCUT2D eigenvalue weighted by atomic mass is 9.99. The minimum atomic E-state index is -4.72. The highest BCUT2D eigenvalue weighted by molar-refractivity contribution is 8.14. The zero-order valence-corrected chi connectivity index (χ0v) is 26.3. The minimum absolute atomic E-state index is 0.199. The largest absolute Gasteiger partial charge is 0.573 e. The highest BCUT2D eigenvalue weighted by Crippen LogP contribution is 2.41. The Bertz CT molecular complexity index is 1640. The Kier molecular flexibility index (Phi) is 9.81. The number of nitrogens with one attached hydrogen (secondary N) is 1. The second-order valence-corrected chi connectivity index (χ2v) is 12.2. The molecule has 1 amide bonds. The van der Waals surface area contributed by atoms with Crippen molar-refractivity contribution in [1.82, 2.24) is 20.1 Å². The molecule has 2 aliphatic rings. The maximum absolute atomic E-state index is 12.2. The van der Waals surface area contributed by atoms with E-state index in [-0.39, 0.29) is 11.8 Å². The first-order valence-corrected chi connectivity index (χ1v) is 15.6. The van der Waals surface area contributed by atoms with Crippen molar-refractivity contribution in [3.05, 3.63) is 89.7 Å². The number of amides is 1. The molecule has 6 rings (SSSR count). The van der Waals surface area contributed by atoms with Crippen molar-refractivity contribution in [2.75, 3.05) is 24.2 Å². The van der Waals surface area contributed by atoms with Crippen molar-refractivity contribution >= 4 is 29.0 Å². The molecule has 12 heteroatoms. The summed E-state index contributed by atoms with van der Waals surface area (Å²) in [6, 6.07) is 20.1. The number of aryl methyl sites for hydroxylation is 1. The molecule has 0 spiro atoms. The molecule has 0 bridgehead atoms. The second kappa shape index (κ2) is 13.8. The van der Waals surface area contributed by atoms with E-state index in [1.54, 1.807) is 0 Å². The molecule has 1 saturated heterocycles. The van der Waals surface area contributed by atoms with Crippen LogP contribution in [-0.2, 0) is 4.79 Å². The number of ether oxygens (including phenoxy) is 1. The Morgan fingerprint density at radius 2 is 1.82 bits per heavy atom. The van der Waals surface area contributed by atoms with Crippen molar-refractivity contribution in [1.29, 1.82) is 0 Å². The number of carbonyl (C=O) groups is 1. The van der Waals surface area contributed by atoms with Crippen LogP contribution in [0.25, 0.3) is 17.1 Å². The minimum Gasteiger partial charge on any atom is -0.406 e. The lowest BCUT2D eigenvalue weighted by molar-refractivity contribution is -0.274. The van der Waals surface area contributed by atoms with Gasteiger partial charge in [-0.1, -0.05) is 62.0 Å². The van der Waals surface area contributed by atoms with Crippen LogP contribution in [0.3, 0.4) is 0 Å². The van der Waals surface area contributed by atoms with Crippen LogP contribution in [0, 0.1) is 6.92 Å². The summed E-state index contributed by atoms with van der Waals surface area (Å²) in [4.78, 5) is 21.5. The summed E-state index contributed by atoms with van der Waals surface area (Å²) in [5.41, 5.74) is 6.59. The number of hydrogen-bond donors (Lipinski definition) is 1. The topological polar surface area (TPSA) is 84.6 Å². The van der Waals surface area contributed by atoms with Gasteiger partial charge in [0.2, 0.25) is 6.41 Å². The second-order valence-electron chi connectivity index (χ2n) is 11.1. The Labute approximate surface area is 264 Å². The molecule has 236 valence electrons. The number of aromatic nitrogens is 3. The van der Waals surface area contributed by atoms with Crippen LogP contribution >= 0.6 is 11.8 Å². The van der Waals surface area contributed by atoms with E-state index in [2.05, 4.69) is 69.0 Å². The average Bonchev–Trinajstić information content (AvgIpc) is 3.38. The first-order chi connectivity index (χ1) is 21.6. The summed E-state index contributed by atoms with van der Waals surface area (Å²) in [6.45, 7) is 7.72. The Balaban J connectivity index is 0.000000201. The van der Waals surface area contributed by atoms with Crippen LogP contribution in [0.2, 0.25) is 0 Å². The van der Waals surface area contributed by atoms with E-state index in [1.807, 2.05) is 43.1 Å². The number of hydrogen-bond acceptors (Lipinski definition) is 6. The molecule has 2 fully saturated rings. The summed E-state index contributed by atoms with van der Waals surface area (Å²) in [5, 5.41) is 8.30. The number of nitrogens with zero attached hydrogens (tertiary/aromatic N) is 5. The molecule has 1 N–H and O–H groups in total. The molecule has 2 heterocycles. The standard InChI is InChI=1S/C19H15F3N4O2.C14H20N2S/c20-19(21,22)28-15-7-5-14(6-8-15)26-10-23-18(25-26)13-3-1-12(2-4-13)16-9-17(16)24-11-27;1-10(2)12-6-5-11(3)9-13(12)16-7-8-17-14(16)15-4/h1-8,10-11,16-17H,9H2,(H,24,27);5-6,9-10H,7-8H2,1-4H3. The fourth-order valence-corrected chi connectivity index (χ4v) is 6.15. The number of benzene rings is 3. The zero-order valence-electron chi connectivity index (χ0n) is 25.5. The Morgan fingerprint density at radius 1 is 1.09 bits per heavy atom. The molecule has 3 aromatic carbocycles. The number of halogens is 3. The summed E-state index contributed by atoms with van der Waals surface area (Å²) >= 11 is 1.85. The van der Waals surface area contributed by atoms with Gasteiger partial charge in [0, 0.05) is 42.6 Å². The highest BCUT2D eigenvalue weighted by Gasteiger charge is 2.38. The zero-order chi connectivity index (χ0) is 32.1. The van der Waals surface area contributed by atoms with E-state index < -0.39 is 6.36 Å². The van der Waals surface area contributed by atoms with Gasteiger partial charge < -0.3 is 15.0 Å². The molecule has 45 heavy (non-hydrogen) atoms. The van der Waals surface area contributed by atoms with E-state index in [0.717, 1.165) is 41.4 Å². The summed E-state index contributed by atoms with van der Waals surface area (Å²) in [6.07, 6.45) is -1.58. The van der Waals surface area contributed by atoms with E-state index >= 15 is 0 Å². The van der Waals surface area contributed by atoms with Crippen LogP contribution in [-0.4, -0.2) is 58.1 Å². The molecule has 8 nitrogen and oxygen atoms in total. The number of rotatable bonds is 8. The fourth-order valence-electron chi connectivity index (χ4n) is 5.22. The number of anilines is 1. The van der Waals surface area contributed by atoms with Gasteiger partial charge in [-0.05, 0) is 66.3 Å². The molecule has 1 aliphatic heterocycles. The first-order valence-electron chi connectivity index (χ1n) is 14.6. The van der Waals surface area contributed by atoms with Gasteiger partial charge in [-0.15, -0.1) is 18.3 Å².